The maximum Gasteiger partial charge on any atom is 0.326 e. The number of aliphatic carboxylic acids is 2. The number of esters is 1. The molecule has 3 aliphatic rings. The number of nitrogens with zero attached hydrogens (tertiary/aromatic N) is 1. The third kappa shape index (κ3) is 12.4. The molecule has 2 aromatic carbocycles. The third-order valence-corrected chi connectivity index (χ3v) is 12.4. The molecule has 0 radical (unpaired) electrons. The van der Waals surface area contributed by atoms with E-state index in [-0.39, 0.29) is 61.9 Å². The second-order valence-corrected chi connectivity index (χ2v) is 16.5. The quantitative estimate of drug-likeness (QED) is 0.0394. The van der Waals surface area contributed by atoms with E-state index in [2.05, 4.69) is 33.2 Å². The van der Waals surface area contributed by atoms with Crippen molar-refractivity contribution in [2.45, 2.75) is 114 Å². The number of nitrogens with two attached hydrogens (primary N) is 2. The van der Waals surface area contributed by atoms with Crippen molar-refractivity contribution in [3.63, 3.8) is 0 Å². The Labute approximate surface area is 353 Å². The monoisotopic (exact) mass is 847 g/mol. The molecule has 5 rings (SSSR count). The molecule has 3 aliphatic carbocycles. The number of benzene rings is 2. The second-order valence-electron chi connectivity index (χ2n) is 16.5. The highest BCUT2D eigenvalue weighted by Crippen LogP contribution is 2.61. The minimum Gasteiger partial charge on any atom is -0.508 e. The Morgan fingerprint density at radius 1 is 0.869 bits per heavy atom. The number of guanidine groups is 1. The molecule has 11 N–H and O–H groups in total. The number of phenolic OH excluding ortho intramolecular Hbond substituents is 1. The first-order valence-electron chi connectivity index (χ1n) is 20.8. The molecule has 61 heavy (non-hydrogen) atoms. The summed E-state index contributed by atoms with van der Waals surface area (Å²) in [5.41, 5.74) is 13.7. The van der Waals surface area contributed by atoms with Crippen LogP contribution in [0.25, 0.3) is 0 Å². The number of carboxylic acids is 2. The van der Waals surface area contributed by atoms with E-state index >= 15 is 0 Å². The minimum absolute atomic E-state index is 0.0398. The van der Waals surface area contributed by atoms with Gasteiger partial charge in [0.2, 0.25) is 23.6 Å². The summed E-state index contributed by atoms with van der Waals surface area (Å²) < 4.78 is 6.04. The number of carbonyl (C=O) groups excluding carboxylic acids is 5. The van der Waals surface area contributed by atoms with Crippen LogP contribution in [0.3, 0.4) is 0 Å². The van der Waals surface area contributed by atoms with Gasteiger partial charge < -0.3 is 52.8 Å². The van der Waals surface area contributed by atoms with Gasteiger partial charge in [0.15, 0.2) is 5.96 Å². The Hall–Kier alpha value is -6.20. The highest BCUT2D eigenvalue weighted by atomic mass is 16.5. The van der Waals surface area contributed by atoms with Crippen LogP contribution >= 0.6 is 0 Å². The fraction of sp³-hybridized carbons (Fsp3) is 0.535. The third-order valence-electron chi connectivity index (χ3n) is 12.4. The normalized spacial score (nSPS) is 22.6. The van der Waals surface area contributed by atoms with Gasteiger partial charge in [-0.3, -0.25) is 33.8 Å². The summed E-state index contributed by atoms with van der Waals surface area (Å²) in [6.45, 7) is 1.61. The lowest BCUT2D eigenvalue weighted by atomic mass is 9.55. The zero-order valence-electron chi connectivity index (χ0n) is 34.3. The molecule has 8 atom stereocenters. The summed E-state index contributed by atoms with van der Waals surface area (Å²) in [4.78, 5) is 92.8. The molecule has 2 aromatic rings. The fourth-order valence-electron chi connectivity index (χ4n) is 9.43. The highest BCUT2D eigenvalue weighted by Gasteiger charge is 2.56. The lowest BCUT2D eigenvalue weighted by Crippen LogP contribution is -2.55. The number of aliphatic imine (C=N–C) groups is 1. The fourth-order valence-corrected chi connectivity index (χ4v) is 9.43. The van der Waals surface area contributed by atoms with Gasteiger partial charge in [-0.05, 0) is 97.9 Å². The Kier molecular flexibility index (Phi) is 15.7. The van der Waals surface area contributed by atoms with Gasteiger partial charge in [0.1, 0.15) is 30.0 Å². The molecule has 0 heterocycles. The standard InChI is InChI=1S/C43H57N7O11/c1-43-18-17-28-27-12-10-26(51)21-25(27)9-11-29(28)30(43)13-14-34(43)61-38(56)16-15-35(52)48-31(8-5-19-46-42(44)45)39(57)47-23-36(53)49-32(22-37(54)55)40(58)50-33(41(59)60)20-24-6-3-2-4-7-24/h2-4,6-7,10,12,21,28-34,51H,5,8-9,11,13-20,22-23H2,1H3,(H,47,57)(H,48,52)(H,49,53)(H,50,58)(H,54,55)(H,59,60)(H4,44,45,46)/t28-,29-,30+,31+,32+,33+,34+,43+/m1/s1. The Balaban J connectivity index is 1.12. The number of carboxylic acid groups (broad SMARTS) is 2. The van der Waals surface area contributed by atoms with Crippen molar-refractivity contribution in [1.82, 2.24) is 21.3 Å². The molecular weight excluding hydrogens is 791 g/mol. The van der Waals surface area contributed by atoms with Crippen molar-refractivity contribution in [2.24, 2.45) is 33.7 Å². The Bertz CT molecular complexity index is 1970. The largest absolute Gasteiger partial charge is 0.508 e. The van der Waals surface area contributed by atoms with Gasteiger partial charge in [0.25, 0.3) is 0 Å². The number of phenols is 1. The van der Waals surface area contributed by atoms with E-state index in [4.69, 9.17) is 16.2 Å². The van der Waals surface area contributed by atoms with Crippen LogP contribution in [-0.2, 0) is 51.1 Å². The maximum absolute atomic E-state index is 13.3. The van der Waals surface area contributed by atoms with Crippen molar-refractivity contribution in [2.75, 3.05) is 13.1 Å². The average Bonchev–Trinajstić information content (AvgIpc) is 3.54. The predicted octanol–water partition coefficient (Wildman–Crippen LogP) is 1.37. The molecule has 4 amide bonds. The first-order chi connectivity index (χ1) is 29.0. The van der Waals surface area contributed by atoms with Gasteiger partial charge in [-0.15, -0.1) is 0 Å². The number of hydrogen-bond donors (Lipinski definition) is 9. The van der Waals surface area contributed by atoms with Crippen molar-refractivity contribution >= 4 is 47.5 Å². The van der Waals surface area contributed by atoms with E-state index in [1.165, 1.54) is 11.1 Å². The number of carbonyl (C=O) groups is 7. The van der Waals surface area contributed by atoms with Gasteiger partial charge >= 0.3 is 17.9 Å². The van der Waals surface area contributed by atoms with Crippen molar-refractivity contribution in [1.29, 1.82) is 0 Å². The number of nitrogens with one attached hydrogen (secondary N) is 4. The zero-order valence-corrected chi connectivity index (χ0v) is 34.3. The van der Waals surface area contributed by atoms with Crippen LogP contribution in [0.2, 0.25) is 0 Å². The van der Waals surface area contributed by atoms with Crippen molar-refractivity contribution in [3.05, 3.63) is 65.2 Å². The lowest BCUT2D eigenvalue weighted by Gasteiger charge is -2.50. The van der Waals surface area contributed by atoms with Crippen LogP contribution in [0.5, 0.6) is 5.75 Å². The molecule has 18 nitrogen and oxygen atoms in total. The van der Waals surface area contributed by atoms with Crippen molar-refractivity contribution < 1.29 is 53.6 Å². The van der Waals surface area contributed by atoms with E-state index in [1.807, 2.05) is 12.1 Å². The molecule has 0 aliphatic heterocycles. The molecule has 18 heteroatoms. The zero-order chi connectivity index (χ0) is 44.3. The summed E-state index contributed by atoms with van der Waals surface area (Å²) >= 11 is 0. The number of fused-ring (bicyclic) bond motifs is 5. The van der Waals surface area contributed by atoms with Gasteiger partial charge in [-0.1, -0.05) is 43.3 Å². The van der Waals surface area contributed by atoms with Crippen LogP contribution in [0.1, 0.15) is 93.7 Å². The van der Waals surface area contributed by atoms with Crippen LogP contribution in [0.15, 0.2) is 53.5 Å². The van der Waals surface area contributed by atoms with E-state index in [0.29, 0.717) is 23.3 Å². The Morgan fingerprint density at radius 3 is 2.31 bits per heavy atom. The van der Waals surface area contributed by atoms with Crippen LogP contribution < -0.4 is 32.7 Å². The molecule has 0 aromatic heterocycles. The van der Waals surface area contributed by atoms with Gasteiger partial charge in [-0.25, -0.2) is 4.79 Å². The average molecular weight is 848 g/mol. The van der Waals surface area contributed by atoms with Crippen molar-refractivity contribution in [3.8, 4) is 5.75 Å². The number of aromatic hydroxyl groups is 1. The van der Waals surface area contributed by atoms with Gasteiger partial charge in [0, 0.05) is 24.8 Å². The SMILES string of the molecule is C[C@]12CC[C@@H]3c4ccc(O)cc4CC[C@H]3[C@@H]1CC[C@@H]2OC(=O)CCC(=O)N[C@@H](CCCN=C(N)N)C(=O)NCC(=O)N[C@@H](CC(=O)O)C(=O)N[C@@H](Cc1ccccc1)C(=O)O. The summed E-state index contributed by atoms with van der Waals surface area (Å²) in [7, 11) is 0. The number of amides is 4. The number of ether oxygens (including phenoxy) is 1. The van der Waals surface area contributed by atoms with Gasteiger partial charge in [0.05, 0.1) is 19.4 Å². The predicted molar refractivity (Wildman–Crippen MR) is 221 cm³/mol. The molecule has 330 valence electrons. The van der Waals surface area contributed by atoms with Crippen LogP contribution in [0.4, 0.5) is 0 Å². The molecule has 0 bridgehead atoms. The smallest absolute Gasteiger partial charge is 0.326 e. The minimum atomic E-state index is -1.68. The number of aryl methyl sites for hydroxylation is 1. The molecule has 0 saturated heterocycles. The summed E-state index contributed by atoms with van der Waals surface area (Å²) in [6, 6.07) is 9.82. The summed E-state index contributed by atoms with van der Waals surface area (Å²) in [5.74, 6) is -5.40. The maximum atomic E-state index is 13.3. The topological polar surface area (TPSA) is 302 Å². The van der Waals surface area contributed by atoms with Crippen LogP contribution in [-0.4, -0.2) is 100 Å². The molecule has 2 saturated carbocycles. The van der Waals surface area contributed by atoms with E-state index in [1.54, 1.807) is 36.4 Å². The first kappa shape index (κ1) is 45.9. The number of hydrogen-bond acceptors (Lipinski definition) is 10. The highest BCUT2D eigenvalue weighted by molar-refractivity contribution is 5.95. The molecule has 0 spiro atoms. The first-order valence-corrected chi connectivity index (χ1v) is 20.8. The molecule has 0 unspecified atom stereocenters. The van der Waals surface area contributed by atoms with E-state index in [0.717, 1.165) is 38.5 Å². The summed E-state index contributed by atoms with van der Waals surface area (Å²) in [5, 5.41) is 38.5. The molecular formula is C43H57N7O11. The number of rotatable bonds is 20. The second kappa shape index (κ2) is 20.9. The van der Waals surface area contributed by atoms with Gasteiger partial charge in [-0.2, -0.15) is 0 Å². The van der Waals surface area contributed by atoms with E-state index in [9.17, 15) is 48.9 Å². The van der Waals surface area contributed by atoms with Crippen LogP contribution in [0, 0.1) is 17.3 Å². The van der Waals surface area contributed by atoms with E-state index < -0.39 is 72.6 Å². The summed E-state index contributed by atoms with van der Waals surface area (Å²) in [6.07, 6.45) is 3.95. The molecule has 2 fully saturated rings. The Morgan fingerprint density at radius 2 is 1.61 bits per heavy atom. The lowest BCUT2D eigenvalue weighted by molar-refractivity contribution is -0.158.